The molecule has 1 amide bonds. The second-order valence-corrected chi connectivity index (χ2v) is 14.0. The predicted molar refractivity (Wildman–Crippen MR) is 134 cm³/mol. The zero-order chi connectivity index (χ0) is 24.5. The second-order valence-electron chi connectivity index (χ2n) is 12.3. The lowest BCUT2D eigenvalue weighted by Crippen LogP contribution is -2.62. The average molecular weight is 489 g/mol. The smallest absolute Gasteiger partial charge is 0.229 e. The number of carbonyl (C=O) groups is 1. The third kappa shape index (κ3) is 4.02. The Hall–Kier alpha value is -1.76. The third-order valence-corrected chi connectivity index (χ3v) is 10.7. The summed E-state index contributed by atoms with van der Waals surface area (Å²) in [6.07, 6.45) is 8.85. The zero-order valence-corrected chi connectivity index (χ0v) is 22.0. The SMILES string of the molecule is CC1CC2N(C)C(=O)CC[C@]2(C)[C@@H]2CC[C@]3(C)CC(Oc4ccc(NS(C)(=O)=O)cc4)C[C@H]3[C@H]12. The molecule has 0 aromatic heterocycles. The number of ether oxygens (including phenoxy) is 1. The van der Waals surface area contributed by atoms with E-state index in [1.54, 1.807) is 12.1 Å². The fourth-order valence-electron chi connectivity index (χ4n) is 8.55. The van der Waals surface area contributed by atoms with E-state index in [2.05, 4.69) is 30.4 Å². The summed E-state index contributed by atoms with van der Waals surface area (Å²) in [4.78, 5) is 14.5. The summed E-state index contributed by atoms with van der Waals surface area (Å²) in [7, 11) is -1.26. The van der Waals surface area contributed by atoms with Crippen LogP contribution in [0.25, 0.3) is 0 Å². The normalized spacial score (nSPS) is 41.9. The number of sulfonamides is 1. The Labute approximate surface area is 204 Å². The molecule has 4 aliphatic rings. The van der Waals surface area contributed by atoms with Crippen molar-refractivity contribution in [1.82, 2.24) is 4.90 Å². The van der Waals surface area contributed by atoms with Gasteiger partial charge in [0.1, 0.15) is 5.75 Å². The minimum Gasteiger partial charge on any atom is -0.490 e. The molecule has 1 aliphatic heterocycles. The lowest BCUT2D eigenvalue weighted by atomic mass is 9.45. The van der Waals surface area contributed by atoms with Crippen LogP contribution < -0.4 is 9.46 Å². The monoisotopic (exact) mass is 488 g/mol. The van der Waals surface area contributed by atoms with E-state index < -0.39 is 10.0 Å². The van der Waals surface area contributed by atoms with Gasteiger partial charge in [-0.15, -0.1) is 0 Å². The number of hydrogen-bond acceptors (Lipinski definition) is 4. The number of anilines is 1. The molecule has 6 nitrogen and oxygen atoms in total. The van der Waals surface area contributed by atoms with Crippen LogP contribution in [-0.4, -0.2) is 44.7 Å². The zero-order valence-electron chi connectivity index (χ0n) is 21.2. The van der Waals surface area contributed by atoms with Crippen LogP contribution in [0.15, 0.2) is 24.3 Å². The molecule has 4 fully saturated rings. The Kier molecular flexibility index (Phi) is 5.74. The van der Waals surface area contributed by atoms with Crippen LogP contribution in [0, 0.1) is 34.5 Å². The van der Waals surface area contributed by atoms with Gasteiger partial charge < -0.3 is 9.64 Å². The van der Waals surface area contributed by atoms with E-state index in [0.29, 0.717) is 53.1 Å². The van der Waals surface area contributed by atoms with E-state index in [1.807, 2.05) is 19.2 Å². The highest BCUT2D eigenvalue weighted by molar-refractivity contribution is 7.92. The quantitative estimate of drug-likeness (QED) is 0.653. The highest BCUT2D eigenvalue weighted by atomic mass is 32.2. The summed E-state index contributed by atoms with van der Waals surface area (Å²) in [5.41, 5.74) is 1.08. The molecule has 0 bridgehead atoms. The molecule has 1 N–H and O–H groups in total. The van der Waals surface area contributed by atoms with Crippen molar-refractivity contribution >= 4 is 21.6 Å². The second kappa shape index (κ2) is 8.14. The maximum absolute atomic E-state index is 12.5. The van der Waals surface area contributed by atoms with Crippen molar-refractivity contribution in [1.29, 1.82) is 0 Å². The van der Waals surface area contributed by atoms with Gasteiger partial charge in [0.2, 0.25) is 15.9 Å². The van der Waals surface area contributed by atoms with Crippen LogP contribution in [0.2, 0.25) is 0 Å². The minimum absolute atomic E-state index is 0.191. The molecule has 0 radical (unpaired) electrons. The van der Waals surface area contributed by atoms with Gasteiger partial charge in [-0.1, -0.05) is 20.8 Å². The highest BCUT2D eigenvalue weighted by Gasteiger charge is 2.62. The number of benzene rings is 1. The van der Waals surface area contributed by atoms with E-state index >= 15 is 0 Å². The van der Waals surface area contributed by atoms with E-state index in [1.165, 1.54) is 12.8 Å². The van der Waals surface area contributed by atoms with Crippen LogP contribution in [0.4, 0.5) is 5.69 Å². The van der Waals surface area contributed by atoms with E-state index in [0.717, 1.165) is 37.7 Å². The average Bonchev–Trinajstić information content (AvgIpc) is 3.09. The first kappa shape index (κ1) is 24.0. The molecule has 3 unspecified atom stereocenters. The van der Waals surface area contributed by atoms with E-state index in [4.69, 9.17) is 4.74 Å². The fraction of sp³-hybridized carbons (Fsp3) is 0.741. The van der Waals surface area contributed by atoms with Gasteiger partial charge in [-0.25, -0.2) is 8.42 Å². The number of carbonyl (C=O) groups excluding carboxylic acids is 1. The van der Waals surface area contributed by atoms with Gasteiger partial charge in [0.15, 0.2) is 0 Å². The molecular formula is C27H40N2O4S. The topological polar surface area (TPSA) is 75.7 Å². The number of likely N-dealkylation sites (tertiary alicyclic amines) is 1. The number of piperidine rings is 1. The number of nitrogens with zero attached hydrogens (tertiary/aromatic N) is 1. The van der Waals surface area contributed by atoms with Crippen LogP contribution in [0.3, 0.4) is 0 Å². The summed E-state index contributed by atoms with van der Waals surface area (Å²) in [5, 5.41) is 0. The maximum atomic E-state index is 12.5. The van der Waals surface area contributed by atoms with Gasteiger partial charge in [-0.2, -0.15) is 0 Å². The Bertz CT molecular complexity index is 1060. The molecule has 8 atom stereocenters. The van der Waals surface area contributed by atoms with E-state index in [9.17, 15) is 13.2 Å². The molecule has 5 rings (SSSR count). The first-order valence-corrected chi connectivity index (χ1v) is 14.8. The summed E-state index contributed by atoms with van der Waals surface area (Å²) < 4.78 is 31.9. The fourth-order valence-corrected chi connectivity index (χ4v) is 9.12. The van der Waals surface area contributed by atoms with Crippen molar-refractivity contribution in [2.24, 2.45) is 34.5 Å². The molecule has 1 aromatic rings. The number of nitrogens with one attached hydrogen (secondary N) is 1. The lowest BCUT2D eigenvalue weighted by Gasteiger charge is -2.63. The van der Waals surface area contributed by atoms with Crippen LogP contribution in [0.5, 0.6) is 5.75 Å². The highest BCUT2D eigenvalue weighted by Crippen LogP contribution is 2.66. The summed E-state index contributed by atoms with van der Waals surface area (Å²) in [6.45, 7) is 7.38. The summed E-state index contributed by atoms with van der Waals surface area (Å²) in [5.74, 6) is 3.76. The molecule has 3 saturated carbocycles. The van der Waals surface area contributed by atoms with Crippen molar-refractivity contribution in [2.45, 2.75) is 77.9 Å². The van der Waals surface area contributed by atoms with Crippen molar-refractivity contribution in [3.63, 3.8) is 0 Å². The van der Waals surface area contributed by atoms with Gasteiger partial charge in [-0.05, 0) is 97.3 Å². The Balaban J connectivity index is 1.33. The largest absolute Gasteiger partial charge is 0.490 e. The Morgan fingerprint density at radius 1 is 1.09 bits per heavy atom. The molecule has 1 saturated heterocycles. The first-order valence-electron chi connectivity index (χ1n) is 12.9. The lowest BCUT2D eigenvalue weighted by molar-refractivity contribution is -0.164. The van der Waals surface area contributed by atoms with Crippen LogP contribution in [-0.2, 0) is 14.8 Å². The molecule has 7 heteroatoms. The molecule has 3 aliphatic carbocycles. The number of hydrogen-bond donors (Lipinski definition) is 1. The third-order valence-electron chi connectivity index (χ3n) is 10.1. The number of amides is 1. The van der Waals surface area contributed by atoms with Crippen molar-refractivity contribution in [2.75, 3.05) is 18.0 Å². The standard InChI is InChI=1S/C27H40N2O4S/c1-17-14-23-27(3,13-11-24(30)29(23)4)21-10-12-26(2)16-20(15-22(26)25(17)21)33-19-8-6-18(7-9-19)28-34(5,31)32/h6-9,17,20-23,25,28H,10-16H2,1-5H3/t17?,20?,21-,22+,23?,25-,26-,27-/m1/s1. The number of fused-ring (bicyclic) bond motifs is 5. The van der Waals surface area contributed by atoms with Gasteiger partial charge in [-0.3, -0.25) is 9.52 Å². The molecule has 0 spiro atoms. The van der Waals surface area contributed by atoms with Crippen molar-refractivity contribution < 1.29 is 17.9 Å². The summed E-state index contributed by atoms with van der Waals surface area (Å²) >= 11 is 0. The minimum atomic E-state index is -3.28. The number of rotatable bonds is 4. The molecule has 1 heterocycles. The maximum Gasteiger partial charge on any atom is 0.229 e. The molecule has 1 aromatic carbocycles. The van der Waals surface area contributed by atoms with Crippen LogP contribution >= 0.6 is 0 Å². The Morgan fingerprint density at radius 2 is 1.79 bits per heavy atom. The van der Waals surface area contributed by atoms with E-state index in [-0.39, 0.29) is 11.5 Å². The molecule has 188 valence electrons. The van der Waals surface area contributed by atoms with Crippen LogP contribution in [0.1, 0.15) is 65.7 Å². The van der Waals surface area contributed by atoms with Crippen molar-refractivity contribution in [3.8, 4) is 5.75 Å². The van der Waals surface area contributed by atoms with Gasteiger partial charge in [0, 0.05) is 25.2 Å². The first-order chi connectivity index (χ1) is 15.9. The molecular weight excluding hydrogens is 448 g/mol. The predicted octanol–water partition coefficient (Wildman–Crippen LogP) is 4.91. The summed E-state index contributed by atoms with van der Waals surface area (Å²) in [6, 6.07) is 7.64. The Morgan fingerprint density at radius 3 is 2.47 bits per heavy atom. The van der Waals surface area contributed by atoms with Crippen molar-refractivity contribution in [3.05, 3.63) is 24.3 Å². The van der Waals surface area contributed by atoms with Gasteiger partial charge in [0.25, 0.3) is 0 Å². The van der Waals surface area contributed by atoms with Gasteiger partial charge in [0.05, 0.1) is 12.4 Å². The molecule has 34 heavy (non-hydrogen) atoms. The van der Waals surface area contributed by atoms with Gasteiger partial charge >= 0.3 is 0 Å².